The number of sulfonamides is 1. The van der Waals surface area contributed by atoms with Crippen LogP contribution < -0.4 is 11.1 Å². The molecule has 1 aromatic rings. The molecule has 1 aliphatic rings. The fraction of sp³-hybridized carbons (Fsp3) is 0.632. The average molecular weight is 418 g/mol. The molecule has 0 aromatic heterocycles. The van der Waals surface area contributed by atoms with Crippen molar-refractivity contribution < 1.29 is 13.2 Å². The molecule has 2 rings (SSSR count). The third-order valence-electron chi connectivity index (χ3n) is 5.31. The third-order valence-corrected chi connectivity index (χ3v) is 7.23. The molecule has 6 nitrogen and oxygen atoms in total. The molecule has 0 radical (unpaired) electrons. The lowest BCUT2D eigenvalue weighted by Crippen LogP contribution is -2.49. The lowest BCUT2D eigenvalue weighted by molar-refractivity contribution is -0.121. The van der Waals surface area contributed by atoms with Crippen molar-refractivity contribution in [3.63, 3.8) is 0 Å². The van der Waals surface area contributed by atoms with E-state index < -0.39 is 10.0 Å². The Morgan fingerprint density at radius 1 is 1.15 bits per heavy atom. The molecule has 0 spiro atoms. The van der Waals surface area contributed by atoms with E-state index >= 15 is 0 Å². The SMILES string of the molecule is CCC(N)(CC)CNC(=O)CCc1ccc(S(=O)(=O)N2CCCC2)cc1.Cl. The zero-order chi connectivity index (χ0) is 19.2. The third kappa shape index (κ3) is 6.45. The van der Waals surface area contributed by atoms with Crippen LogP contribution in [0.5, 0.6) is 0 Å². The molecule has 154 valence electrons. The number of benzene rings is 1. The number of hydrogen-bond donors (Lipinski definition) is 2. The van der Waals surface area contributed by atoms with Crippen molar-refractivity contribution >= 4 is 28.3 Å². The first kappa shape index (κ1) is 23.9. The lowest BCUT2D eigenvalue weighted by Gasteiger charge is -2.26. The van der Waals surface area contributed by atoms with Crippen molar-refractivity contribution in [1.29, 1.82) is 0 Å². The summed E-state index contributed by atoms with van der Waals surface area (Å²) in [6.07, 6.45) is 4.42. The summed E-state index contributed by atoms with van der Waals surface area (Å²) in [7, 11) is -3.38. The summed E-state index contributed by atoms with van der Waals surface area (Å²) in [5.41, 5.74) is 6.79. The number of halogens is 1. The van der Waals surface area contributed by atoms with E-state index in [1.165, 1.54) is 4.31 Å². The molecular formula is C19H32ClN3O3S. The van der Waals surface area contributed by atoms with E-state index in [-0.39, 0.29) is 23.9 Å². The summed E-state index contributed by atoms with van der Waals surface area (Å²) < 4.78 is 26.5. The van der Waals surface area contributed by atoms with E-state index in [0.29, 0.717) is 37.4 Å². The molecule has 3 N–H and O–H groups in total. The normalized spacial score (nSPS) is 15.4. The Balaban J connectivity index is 0.00000364. The van der Waals surface area contributed by atoms with E-state index in [4.69, 9.17) is 5.73 Å². The van der Waals surface area contributed by atoms with Gasteiger partial charge >= 0.3 is 0 Å². The van der Waals surface area contributed by atoms with Gasteiger partial charge in [-0.05, 0) is 49.8 Å². The highest BCUT2D eigenvalue weighted by Crippen LogP contribution is 2.21. The highest BCUT2D eigenvalue weighted by molar-refractivity contribution is 7.89. The van der Waals surface area contributed by atoms with Crippen molar-refractivity contribution in [1.82, 2.24) is 9.62 Å². The molecule has 1 amide bonds. The Hall–Kier alpha value is -1.15. The van der Waals surface area contributed by atoms with Crippen LogP contribution in [0.1, 0.15) is 51.5 Å². The lowest BCUT2D eigenvalue weighted by atomic mass is 9.94. The number of nitrogens with one attached hydrogen (secondary N) is 1. The number of carbonyl (C=O) groups is 1. The zero-order valence-corrected chi connectivity index (χ0v) is 17.9. The molecule has 0 saturated carbocycles. The molecule has 0 aliphatic carbocycles. The number of hydrogen-bond acceptors (Lipinski definition) is 4. The first-order chi connectivity index (χ1) is 12.3. The molecule has 8 heteroatoms. The van der Waals surface area contributed by atoms with Crippen molar-refractivity contribution in [2.45, 2.75) is 62.8 Å². The predicted octanol–water partition coefficient (Wildman–Crippen LogP) is 2.46. The van der Waals surface area contributed by atoms with Gasteiger partial charge in [0, 0.05) is 31.6 Å². The summed E-state index contributed by atoms with van der Waals surface area (Å²) in [5, 5.41) is 2.90. The van der Waals surface area contributed by atoms with Crippen molar-refractivity contribution in [2.24, 2.45) is 5.73 Å². The number of aryl methyl sites for hydroxylation is 1. The Morgan fingerprint density at radius 3 is 2.22 bits per heavy atom. The van der Waals surface area contributed by atoms with E-state index in [1.54, 1.807) is 24.3 Å². The smallest absolute Gasteiger partial charge is 0.243 e. The van der Waals surface area contributed by atoms with Crippen LogP contribution in [0, 0.1) is 0 Å². The van der Waals surface area contributed by atoms with Crippen molar-refractivity contribution in [3.8, 4) is 0 Å². The minimum Gasteiger partial charge on any atom is -0.354 e. The summed E-state index contributed by atoms with van der Waals surface area (Å²) >= 11 is 0. The predicted molar refractivity (Wildman–Crippen MR) is 111 cm³/mol. The number of amides is 1. The minimum atomic E-state index is -3.38. The van der Waals surface area contributed by atoms with Gasteiger partial charge in [-0.2, -0.15) is 4.31 Å². The van der Waals surface area contributed by atoms with Gasteiger partial charge in [0.05, 0.1) is 4.90 Å². The maximum absolute atomic E-state index is 12.5. The van der Waals surface area contributed by atoms with Gasteiger partial charge < -0.3 is 11.1 Å². The van der Waals surface area contributed by atoms with Gasteiger partial charge in [-0.3, -0.25) is 4.79 Å². The molecular weight excluding hydrogens is 386 g/mol. The molecule has 0 bridgehead atoms. The Kier molecular flexibility index (Phi) is 9.21. The van der Waals surface area contributed by atoms with Crippen LogP contribution >= 0.6 is 12.4 Å². The standard InChI is InChI=1S/C19H31N3O3S.ClH/c1-3-19(20,4-2)15-21-18(23)12-9-16-7-10-17(11-8-16)26(24,25)22-13-5-6-14-22;/h7-8,10-11H,3-6,9,12-15,20H2,1-2H3,(H,21,23);1H. The van der Waals surface area contributed by atoms with E-state index in [9.17, 15) is 13.2 Å². The van der Waals surface area contributed by atoms with Crippen LogP contribution in [0.25, 0.3) is 0 Å². The number of carbonyl (C=O) groups excluding carboxylic acids is 1. The van der Waals surface area contributed by atoms with E-state index in [0.717, 1.165) is 31.2 Å². The van der Waals surface area contributed by atoms with Gasteiger partial charge in [-0.25, -0.2) is 8.42 Å². The maximum atomic E-state index is 12.5. The van der Waals surface area contributed by atoms with Gasteiger partial charge in [0.25, 0.3) is 0 Å². The van der Waals surface area contributed by atoms with Crippen LogP contribution in [0.15, 0.2) is 29.2 Å². The van der Waals surface area contributed by atoms with Crippen LogP contribution in [0.2, 0.25) is 0 Å². The molecule has 27 heavy (non-hydrogen) atoms. The number of nitrogens with zero attached hydrogens (tertiary/aromatic N) is 1. The number of nitrogens with two attached hydrogens (primary N) is 1. The molecule has 1 saturated heterocycles. The second-order valence-corrected chi connectivity index (χ2v) is 9.04. The number of rotatable bonds is 9. The van der Waals surface area contributed by atoms with Crippen molar-refractivity contribution in [2.75, 3.05) is 19.6 Å². The van der Waals surface area contributed by atoms with Crippen LogP contribution in [-0.2, 0) is 21.2 Å². The molecule has 0 atom stereocenters. The van der Waals surface area contributed by atoms with Gasteiger partial charge in [0.15, 0.2) is 0 Å². The first-order valence-corrected chi connectivity index (χ1v) is 10.9. The fourth-order valence-electron chi connectivity index (χ4n) is 3.03. The molecule has 1 fully saturated rings. The first-order valence-electron chi connectivity index (χ1n) is 9.45. The Labute approximate surface area is 169 Å². The topological polar surface area (TPSA) is 92.5 Å². The quantitative estimate of drug-likeness (QED) is 0.645. The molecule has 1 aromatic carbocycles. The molecule has 0 unspecified atom stereocenters. The van der Waals surface area contributed by atoms with Crippen LogP contribution in [0.4, 0.5) is 0 Å². The van der Waals surface area contributed by atoms with E-state index in [2.05, 4.69) is 5.32 Å². The minimum absolute atomic E-state index is 0. The van der Waals surface area contributed by atoms with E-state index in [1.807, 2.05) is 13.8 Å². The highest BCUT2D eigenvalue weighted by Gasteiger charge is 2.27. The fourth-order valence-corrected chi connectivity index (χ4v) is 4.54. The summed E-state index contributed by atoms with van der Waals surface area (Å²) in [6.45, 7) is 5.72. The van der Waals surface area contributed by atoms with Gasteiger partial charge in [-0.15, -0.1) is 12.4 Å². The van der Waals surface area contributed by atoms with Gasteiger partial charge in [0.2, 0.25) is 15.9 Å². The van der Waals surface area contributed by atoms with Gasteiger partial charge in [0.1, 0.15) is 0 Å². The molecule has 1 aliphatic heterocycles. The monoisotopic (exact) mass is 417 g/mol. The van der Waals surface area contributed by atoms with Crippen molar-refractivity contribution in [3.05, 3.63) is 29.8 Å². The second-order valence-electron chi connectivity index (χ2n) is 7.10. The molecule has 1 heterocycles. The largest absolute Gasteiger partial charge is 0.354 e. The summed E-state index contributed by atoms with van der Waals surface area (Å²) in [6, 6.07) is 6.86. The Bertz CT molecular complexity index is 697. The highest BCUT2D eigenvalue weighted by atomic mass is 35.5. The second kappa shape index (κ2) is 10.4. The average Bonchev–Trinajstić information content (AvgIpc) is 3.20. The van der Waals surface area contributed by atoms with Crippen LogP contribution in [-0.4, -0.2) is 43.8 Å². The zero-order valence-electron chi connectivity index (χ0n) is 16.2. The van der Waals surface area contributed by atoms with Gasteiger partial charge in [-0.1, -0.05) is 26.0 Å². The maximum Gasteiger partial charge on any atom is 0.243 e. The Morgan fingerprint density at radius 2 is 1.70 bits per heavy atom. The summed E-state index contributed by atoms with van der Waals surface area (Å²) in [5.74, 6) is -0.0320. The summed E-state index contributed by atoms with van der Waals surface area (Å²) in [4.78, 5) is 12.4. The van der Waals surface area contributed by atoms with Crippen LogP contribution in [0.3, 0.4) is 0 Å².